The molecule has 5 heterocycles. The van der Waals surface area contributed by atoms with Crippen LogP contribution in [0, 0.1) is 45.9 Å². The van der Waals surface area contributed by atoms with E-state index in [2.05, 4.69) is 50.1 Å². The van der Waals surface area contributed by atoms with E-state index in [-0.39, 0.29) is 29.5 Å². The first kappa shape index (κ1) is 39.8. The zero-order valence-electron chi connectivity index (χ0n) is 33.5. The number of thiophene rings is 1. The summed E-state index contributed by atoms with van der Waals surface area (Å²) in [6.45, 7) is 9.88. The molecule has 7 aromatic rings. The van der Waals surface area contributed by atoms with Gasteiger partial charge in [0.25, 0.3) is 15.9 Å². The van der Waals surface area contributed by atoms with Gasteiger partial charge in [0, 0.05) is 45.9 Å². The number of nitrogens with one attached hydrogen (secondary N) is 3. The Morgan fingerprint density at radius 1 is 0.950 bits per heavy atom. The molecule has 302 valence electrons. The highest BCUT2D eigenvalue weighted by molar-refractivity contribution is 7.92. The summed E-state index contributed by atoms with van der Waals surface area (Å²) in [5, 5.41) is 22.7. The summed E-state index contributed by atoms with van der Waals surface area (Å²) >= 11 is 1.64. The molecule has 60 heavy (non-hydrogen) atoms. The van der Waals surface area contributed by atoms with Crippen LogP contribution in [0.25, 0.3) is 27.0 Å². The molecule has 1 aliphatic heterocycles. The van der Waals surface area contributed by atoms with Crippen molar-refractivity contribution in [2.24, 2.45) is 4.99 Å². The van der Waals surface area contributed by atoms with Gasteiger partial charge in [-0.05, 0) is 86.7 Å². The van der Waals surface area contributed by atoms with E-state index in [1.807, 2.05) is 55.7 Å². The van der Waals surface area contributed by atoms with Gasteiger partial charge in [0.1, 0.15) is 28.6 Å². The first-order valence-electron chi connectivity index (χ1n) is 18.9. The van der Waals surface area contributed by atoms with Crippen LogP contribution in [0.5, 0.6) is 0 Å². The Labute approximate surface area is 350 Å². The van der Waals surface area contributed by atoms with Crippen molar-refractivity contribution in [3.8, 4) is 22.2 Å². The molecule has 0 aliphatic carbocycles. The number of hydrogen-bond acceptors (Lipinski definition) is 11. The monoisotopic (exact) mass is 837 g/mol. The number of anilines is 1. The van der Waals surface area contributed by atoms with Gasteiger partial charge in [-0.15, -0.1) is 21.5 Å². The molecule has 3 aromatic carbocycles. The number of carbonyl (C=O) groups is 2. The Balaban J connectivity index is 0.964. The van der Waals surface area contributed by atoms with Crippen molar-refractivity contribution in [3.05, 3.63) is 140 Å². The predicted molar refractivity (Wildman–Crippen MR) is 229 cm³/mol. The van der Waals surface area contributed by atoms with Crippen LogP contribution in [0.4, 0.5) is 5.69 Å². The third-order valence-electron chi connectivity index (χ3n) is 10.7. The lowest BCUT2D eigenvalue weighted by Crippen LogP contribution is -2.24. The van der Waals surface area contributed by atoms with Crippen molar-refractivity contribution in [1.29, 1.82) is 5.26 Å². The smallest absolute Gasteiger partial charge is 0.308 e. The number of amides is 1. The number of nitrogens with zero attached hydrogens (tertiary/aromatic N) is 6. The largest absolute Gasteiger partial charge is 0.469 e. The lowest BCUT2D eigenvalue weighted by Gasteiger charge is -2.13. The van der Waals surface area contributed by atoms with E-state index in [0.29, 0.717) is 44.9 Å². The Bertz CT molecular complexity index is 3050. The average molecular weight is 838 g/mol. The van der Waals surface area contributed by atoms with Gasteiger partial charge in [-0.25, -0.2) is 8.42 Å². The number of methoxy groups -OCH3 is 1. The number of aromatic nitrogens is 5. The van der Waals surface area contributed by atoms with Gasteiger partial charge in [0.15, 0.2) is 5.82 Å². The SMILES string of the molecule is COC(=O)C[C@@H]1N=C(c2ccc(-c3cnc(C(=O)NCc4ccc(S(=O)(=O)Nc5ccc(C)c6c(C#N)c[nH]c56)cc4)c(C)c3)cc2)c2c(sc(C)c2C)-n2c(C)nnc21. The number of fused-ring (bicyclic) bond motifs is 4. The molecule has 8 rings (SSSR count). The molecule has 4 aromatic heterocycles. The number of H-pyrrole nitrogens is 1. The predicted octanol–water partition coefficient (Wildman–Crippen LogP) is 7.47. The molecule has 0 bridgehead atoms. The summed E-state index contributed by atoms with van der Waals surface area (Å²) in [5.74, 6) is 0.537. The maximum atomic E-state index is 13.3. The molecule has 1 amide bonds. The Morgan fingerprint density at radius 3 is 2.38 bits per heavy atom. The maximum Gasteiger partial charge on any atom is 0.308 e. The van der Waals surface area contributed by atoms with Crippen LogP contribution in [0.15, 0.2) is 89.0 Å². The molecule has 1 aliphatic rings. The molecule has 0 saturated carbocycles. The highest BCUT2D eigenvalue weighted by Crippen LogP contribution is 2.40. The van der Waals surface area contributed by atoms with E-state index in [4.69, 9.17) is 9.73 Å². The summed E-state index contributed by atoms with van der Waals surface area (Å²) in [6.07, 6.45) is 3.23. The lowest BCUT2D eigenvalue weighted by molar-refractivity contribution is -0.141. The first-order valence-corrected chi connectivity index (χ1v) is 21.2. The molecule has 14 nitrogen and oxygen atoms in total. The Hall–Kier alpha value is -6.96. The number of nitriles is 1. The summed E-state index contributed by atoms with van der Waals surface area (Å²) in [6, 6.07) is 21.1. The molecular weight excluding hydrogens is 799 g/mol. The zero-order valence-corrected chi connectivity index (χ0v) is 35.2. The maximum absolute atomic E-state index is 13.3. The quantitative estimate of drug-likeness (QED) is 0.117. The summed E-state index contributed by atoms with van der Waals surface area (Å²) in [4.78, 5) is 39.7. The number of aromatic amines is 1. The van der Waals surface area contributed by atoms with Crippen LogP contribution in [0.1, 0.15) is 78.4 Å². The number of sulfonamides is 1. The van der Waals surface area contributed by atoms with Gasteiger partial charge < -0.3 is 15.0 Å². The zero-order chi connectivity index (χ0) is 42.5. The van der Waals surface area contributed by atoms with Gasteiger partial charge in [0.05, 0.1) is 40.9 Å². The van der Waals surface area contributed by atoms with Crippen LogP contribution in [-0.2, 0) is 26.1 Å². The molecule has 0 fully saturated rings. The number of carbonyl (C=O) groups excluding carboxylic acids is 2. The van der Waals surface area contributed by atoms with Crippen LogP contribution in [0.2, 0.25) is 0 Å². The second kappa shape index (κ2) is 15.7. The number of hydrogen-bond donors (Lipinski definition) is 3. The molecule has 1 atom stereocenters. The number of rotatable bonds is 10. The third kappa shape index (κ3) is 7.22. The van der Waals surface area contributed by atoms with Crippen molar-refractivity contribution in [3.63, 3.8) is 0 Å². The van der Waals surface area contributed by atoms with E-state index in [9.17, 15) is 23.3 Å². The van der Waals surface area contributed by atoms with Crippen molar-refractivity contribution in [2.45, 2.75) is 58.5 Å². The van der Waals surface area contributed by atoms with Gasteiger partial charge in [-0.1, -0.05) is 42.5 Å². The molecule has 0 radical (unpaired) electrons. The Kier molecular flexibility index (Phi) is 10.4. The van der Waals surface area contributed by atoms with Crippen molar-refractivity contribution in [2.75, 3.05) is 11.8 Å². The molecule has 0 spiro atoms. The fourth-order valence-electron chi connectivity index (χ4n) is 7.41. The second-order valence-electron chi connectivity index (χ2n) is 14.6. The third-order valence-corrected chi connectivity index (χ3v) is 13.3. The van der Waals surface area contributed by atoms with Crippen molar-refractivity contribution in [1.82, 2.24) is 30.0 Å². The highest BCUT2D eigenvalue weighted by Gasteiger charge is 2.32. The first-order chi connectivity index (χ1) is 28.8. The van der Waals surface area contributed by atoms with Gasteiger partial charge in [-0.2, -0.15) is 5.26 Å². The second-order valence-corrected chi connectivity index (χ2v) is 17.5. The van der Waals surface area contributed by atoms with Crippen LogP contribution in [-0.4, -0.2) is 57.8 Å². The van der Waals surface area contributed by atoms with Crippen LogP contribution in [0.3, 0.4) is 0 Å². The summed E-state index contributed by atoms with van der Waals surface area (Å²) in [7, 11) is -2.60. The molecule has 0 saturated heterocycles. The minimum Gasteiger partial charge on any atom is -0.469 e. The normalized spacial score (nSPS) is 13.5. The molecular formula is C44H39N9O5S2. The van der Waals surface area contributed by atoms with Gasteiger partial charge in [0.2, 0.25) is 0 Å². The fourth-order valence-corrected chi connectivity index (χ4v) is 9.69. The minimum absolute atomic E-state index is 0.0159. The molecule has 16 heteroatoms. The number of aliphatic imine (C=N–C) groups is 1. The highest BCUT2D eigenvalue weighted by atomic mass is 32.2. The number of pyridine rings is 1. The Morgan fingerprint density at radius 2 is 1.68 bits per heavy atom. The van der Waals surface area contributed by atoms with Crippen molar-refractivity contribution >= 4 is 55.5 Å². The lowest BCUT2D eigenvalue weighted by atomic mass is 9.97. The van der Waals surface area contributed by atoms with E-state index < -0.39 is 22.0 Å². The standard InChI is InChI=1S/C44H39N9O5S2/c1-23-7-16-34(41-37(23)32(19-45)22-47-41)52-60(56,57)33-14-8-28(9-15-33)20-48-43(55)39-24(2)17-31(21-46-39)29-10-12-30(13-11-29)40-38-25(3)26(4)59-44(38)53-27(5)50-51-42(53)35(49-40)18-36(54)58-6/h7-17,21-22,35,47,52H,18,20H2,1-6H3,(H,48,55)/t35-/m0/s1. The topological polar surface area (TPSA) is 197 Å². The minimum atomic E-state index is -3.95. The average Bonchev–Trinajstić information content (AvgIpc) is 3.92. The van der Waals surface area contributed by atoms with Gasteiger partial charge >= 0.3 is 5.97 Å². The summed E-state index contributed by atoms with van der Waals surface area (Å²) < 4.78 is 36.2. The van der Waals surface area contributed by atoms with E-state index in [1.165, 1.54) is 19.2 Å². The number of aryl methyl sites for hydroxylation is 4. The number of benzene rings is 3. The van der Waals surface area contributed by atoms with E-state index in [0.717, 1.165) is 49.0 Å². The molecule has 3 N–H and O–H groups in total. The van der Waals surface area contributed by atoms with E-state index >= 15 is 0 Å². The fraction of sp³-hybridized carbons (Fsp3) is 0.205. The van der Waals surface area contributed by atoms with Crippen molar-refractivity contribution < 1.29 is 22.7 Å². The summed E-state index contributed by atoms with van der Waals surface area (Å²) in [5.41, 5.74) is 9.21. The van der Waals surface area contributed by atoms with Crippen LogP contribution >= 0.6 is 11.3 Å². The van der Waals surface area contributed by atoms with Crippen LogP contribution < -0.4 is 10.0 Å². The molecule has 0 unspecified atom stereocenters. The van der Waals surface area contributed by atoms with E-state index in [1.54, 1.807) is 48.0 Å². The number of ether oxygens (including phenoxy) is 1. The van der Waals surface area contributed by atoms with Gasteiger partial charge in [-0.3, -0.25) is 28.9 Å². The number of esters is 1.